The van der Waals surface area contributed by atoms with E-state index in [-0.39, 0.29) is 5.56 Å². The Bertz CT molecular complexity index is 432. The third-order valence-corrected chi connectivity index (χ3v) is 3.44. The summed E-state index contributed by atoms with van der Waals surface area (Å²) in [6, 6.07) is 3.87. The van der Waals surface area contributed by atoms with Crippen molar-refractivity contribution in [3.63, 3.8) is 0 Å². The molecule has 1 N–H and O–H groups in total. The molecule has 0 aliphatic heterocycles. The molecule has 1 aromatic carbocycles. The zero-order valence-corrected chi connectivity index (χ0v) is 12.7. The number of carboxylic acids is 1. The highest BCUT2D eigenvalue weighted by atomic mass is 19.1. The molecule has 0 aromatic heterocycles. The van der Waals surface area contributed by atoms with Crippen LogP contribution in [0.25, 0.3) is 0 Å². The van der Waals surface area contributed by atoms with Crippen LogP contribution in [0.1, 0.15) is 68.6 Å². The van der Waals surface area contributed by atoms with E-state index in [9.17, 15) is 9.18 Å². The maximum absolute atomic E-state index is 13.4. The third kappa shape index (κ3) is 7.11. The van der Waals surface area contributed by atoms with Crippen LogP contribution in [-0.2, 0) is 0 Å². The Hall–Kier alpha value is -1.58. The van der Waals surface area contributed by atoms with Crippen molar-refractivity contribution in [1.29, 1.82) is 0 Å². The van der Waals surface area contributed by atoms with E-state index in [1.807, 2.05) is 0 Å². The molecule has 0 aliphatic rings. The Morgan fingerprint density at radius 1 is 1.10 bits per heavy atom. The van der Waals surface area contributed by atoms with Gasteiger partial charge in [0.15, 0.2) is 0 Å². The summed E-state index contributed by atoms with van der Waals surface area (Å²) in [6.45, 7) is 2.75. The van der Waals surface area contributed by atoms with Crippen LogP contribution >= 0.6 is 0 Å². The lowest BCUT2D eigenvalue weighted by molar-refractivity contribution is 0.0692. The fourth-order valence-electron chi connectivity index (χ4n) is 2.19. The summed E-state index contributed by atoms with van der Waals surface area (Å²) < 4.78 is 18.9. The predicted octanol–water partition coefficient (Wildman–Crippen LogP) is 5.04. The number of hydrogen-bond acceptors (Lipinski definition) is 2. The first-order valence-electron chi connectivity index (χ1n) is 7.80. The molecule has 118 valence electrons. The van der Waals surface area contributed by atoms with Crippen LogP contribution in [0.5, 0.6) is 5.75 Å². The maximum Gasteiger partial charge on any atom is 0.338 e. The van der Waals surface area contributed by atoms with Gasteiger partial charge >= 0.3 is 5.97 Å². The molecule has 0 bridgehead atoms. The number of rotatable bonds is 11. The fourth-order valence-corrected chi connectivity index (χ4v) is 2.19. The van der Waals surface area contributed by atoms with Crippen LogP contribution in [0.3, 0.4) is 0 Å². The molecular weight excluding hydrogens is 271 g/mol. The minimum Gasteiger partial charge on any atom is -0.493 e. The largest absolute Gasteiger partial charge is 0.493 e. The minimum absolute atomic E-state index is 0.325. The number of carbonyl (C=O) groups is 1. The Morgan fingerprint density at radius 2 is 1.71 bits per heavy atom. The first-order chi connectivity index (χ1) is 10.1. The summed E-state index contributed by atoms with van der Waals surface area (Å²) in [5.74, 6) is -1.63. The van der Waals surface area contributed by atoms with Gasteiger partial charge in [-0.05, 0) is 18.6 Å². The van der Waals surface area contributed by atoms with Crippen molar-refractivity contribution in [3.8, 4) is 5.75 Å². The summed E-state index contributed by atoms with van der Waals surface area (Å²) >= 11 is 0. The quantitative estimate of drug-likeness (QED) is 0.582. The van der Waals surface area contributed by atoms with E-state index in [4.69, 9.17) is 9.84 Å². The number of hydrogen-bond donors (Lipinski definition) is 1. The third-order valence-electron chi connectivity index (χ3n) is 3.44. The van der Waals surface area contributed by atoms with Gasteiger partial charge in [-0.3, -0.25) is 0 Å². The van der Waals surface area contributed by atoms with Crippen molar-refractivity contribution in [1.82, 2.24) is 0 Å². The predicted molar refractivity (Wildman–Crippen MR) is 81.5 cm³/mol. The Balaban J connectivity index is 2.13. The standard InChI is InChI=1S/C17H25FO3/c1-2-3-4-5-6-7-8-9-12-21-14-10-11-15(17(19)20)16(18)13-14/h10-11,13H,2-9,12H2,1H3,(H,19,20). The van der Waals surface area contributed by atoms with Crippen LogP contribution in [0.4, 0.5) is 4.39 Å². The van der Waals surface area contributed by atoms with E-state index in [0.717, 1.165) is 18.9 Å². The highest BCUT2D eigenvalue weighted by Crippen LogP contribution is 2.17. The second kappa shape index (κ2) is 10.2. The molecule has 0 saturated carbocycles. The van der Waals surface area contributed by atoms with E-state index in [2.05, 4.69) is 6.92 Å². The average Bonchev–Trinajstić information content (AvgIpc) is 2.45. The van der Waals surface area contributed by atoms with E-state index >= 15 is 0 Å². The van der Waals surface area contributed by atoms with Crippen LogP contribution in [-0.4, -0.2) is 17.7 Å². The van der Waals surface area contributed by atoms with Crippen LogP contribution in [0, 0.1) is 5.82 Å². The molecule has 3 nitrogen and oxygen atoms in total. The lowest BCUT2D eigenvalue weighted by Crippen LogP contribution is -2.02. The normalized spacial score (nSPS) is 10.6. The van der Waals surface area contributed by atoms with Crippen LogP contribution < -0.4 is 4.74 Å². The van der Waals surface area contributed by atoms with Gasteiger partial charge < -0.3 is 9.84 Å². The molecule has 0 heterocycles. The maximum atomic E-state index is 13.4. The van der Waals surface area contributed by atoms with Crippen molar-refractivity contribution >= 4 is 5.97 Å². The zero-order chi connectivity index (χ0) is 15.5. The topological polar surface area (TPSA) is 46.5 Å². The molecule has 0 aliphatic carbocycles. The van der Waals surface area contributed by atoms with Gasteiger partial charge in [0.1, 0.15) is 11.6 Å². The van der Waals surface area contributed by atoms with Gasteiger partial charge in [-0.1, -0.05) is 51.9 Å². The second-order valence-corrected chi connectivity index (χ2v) is 5.27. The van der Waals surface area contributed by atoms with E-state index in [0.29, 0.717) is 12.4 Å². The van der Waals surface area contributed by atoms with Crippen molar-refractivity contribution in [3.05, 3.63) is 29.6 Å². The number of aromatic carboxylic acids is 1. The summed E-state index contributed by atoms with van der Waals surface area (Å²) in [5.41, 5.74) is -0.325. The van der Waals surface area contributed by atoms with Gasteiger partial charge in [0.2, 0.25) is 0 Å². The summed E-state index contributed by atoms with van der Waals surface area (Å²) in [6.07, 6.45) is 9.74. The highest BCUT2D eigenvalue weighted by Gasteiger charge is 2.10. The molecule has 0 spiro atoms. The first-order valence-corrected chi connectivity index (χ1v) is 7.80. The van der Waals surface area contributed by atoms with Crippen LogP contribution in [0.15, 0.2) is 18.2 Å². The molecule has 21 heavy (non-hydrogen) atoms. The Morgan fingerprint density at radius 3 is 2.29 bits per heavy atom. The number of carboxylic acid groups (broad SMARTS) is 1. The summed E-state index contributed by atoms with van der Waals surface area (Å²) in [5, 5.41) is 8.73. The summed E-state index contributed by atoms with van der Waals surface area (Å²) in [4.78, 5) is 10.7. The summed E-state index contributed by atoms with van der Waals surface area (Å²) in [7, 11) is 0. The zero-order valence-electron chi connectivity index (χ0n) is 12.7. The Kier molecular flexibility index (Phi) is 8.48. The van der Waals surface area contributed by atoms with Crippen molar-refractivity contribution in [2.24, 2.45) is 0 Å². The molecule has 0 atom stereocenters. The number of benzene rings is 1. The SMILES string of the molecule is CCCCCCCCCCOc1ccc(C(=O)O)c(F)c1. The lowest BCUT2D eigenvalue weighted by atomic mass is 10.1. The lowest BCUT2D eigenvalue weighted by Gasteiger charge is -2.07. The average molecular weight is 296 g/mol. The molecule has 0 radical (unpaired) electrons. The van der Waals surface area contributed by atoms with Gasteiger partial charge in [-0.15, -0.1) is 0 Å². The molecule has 1 aromatic rings. The molecule has 0 unspecified atom stereocenters. The first kappa shape index (κ1) is 17.5. The van der Waals surface area contributed by atoms with Gasteiger partial charge in [-0.25, -0.2) is 9.18 Å². The molecule has 4 heteroatoms. The number of unbranched alkanes of at least 4 members (excludes halogenated alkanes) is 7. The smallest absolute Gasteiger partial charge is 0.338 e. The number of halogens is 1. The molecule has 0 amide bonds. The molecule has 0 fully saturated rings. The van der Waals surface area contributed by atoms with Gasteiger partial charge in [0.25, 0.3) is 0 Å². The van der Waals surface area contributed by atoms with Gasteiger partial charge in [0.05, 0.1) is 12.2 Å². The molecule has 0 saturated heterocycles. The number of ether oxygens (including phenoxy) is 1. The highest BCUT2D eigenvalue weighted by molar-refractivity contribution is 5.88. The van der Waals surface area contributed by atoms with E-state index < -0.39 is 11.8 Å². The van der Waals surface area contributed by atoms with Crippen molar-refractivity contribution < 1.29 is 19.0 Å². The van der Waals surface area contributed by atoms with Crippen molar-refractivity contribution in [2.75, 3.05) is 6.61 Å². The van der Waals surface area contributed by atoms with Gasteiger partial charge in [-0.2, -0.15) is 0 Å². The van der Waals surface area contributed by atoms with Crippen LogP contribution in [0.2, 0.25) is 0 Å². The van der Waals surface area contributed by atoms with E-state index in [1.165, 1.54) is 50.7 Å². The minimum atomic E-state index is -1.26. The van der Waals surface area contributed by atoms with Gasteiger partial charge in [0, 0.05) is 6.07 Å². The molecule has 1 rings (SSSR count). The fraction of sp³-hybridized carbons (Fsp3) is 0.588. The second-order valence-electron chi connectivity index (χ2n) is 5.27. The monoisotopic (exact) mass is 296 g/mol. The van der Waals surface area contributed by atoms with Crippen molar-refractivity contribution in [2.45, 2.75) is 58.3 Å². The molecular formula is C17H25FO3. The Labute approximate surface area is 126 Å². The van der Waals surface area contributed by atoms with E-state index in [1.54, 1.807) is 0 Å².